The Hall–Kier alpha value is -2.68. The third-order valence-corrected chi connectivity index (χ3v) is 4.43. The Morgan fingerprint density at radius 2 is 2.24 bits per heavy atom. The van der Waals surface area contributed by atoms with Crippen molar-refractivity contribution in [3.63, 3.8) is 0 Å². The second-order valence-electron chi connectivity index (χ2n) is 6.43. The van der Waals surface area contributed by atoms with E-state index in [0.717, 1.165) is 31.4 Å². The molecule has 2 aliphatic rings. The van der Waals surface area contributed by atoms with Gasteiger partial charge in [-0.15, -0.1) is 0 Å². The molecule has 2 aromatic rings. The van der Waals surface area contributed by atoms with Gasteiger partial charge in [-0.25, -0.2) is 9.78 Å². The minimum Gasteiger partial charge on any atom is -0.463 e. The monoisotopic (exact) mass is 344 g/mol. The van der Waals surface area contributed by atoms with E-state index in [9.17, 15) is 4.79 Å². The molecule has 1 atom stereocenters. The van der Waals surface area contributed by atoms with Crippen molar-refractivity contribution in [3.8, 4) is 0 Å². The third kappa shape index (κ3) is 3.27. The molecule has 0 spiro atoms. The highest BCUT2D eigenvalue weighted by Crippen LogP contribution is 2.32. The van der Waals surface area contributed by atoms with Crippen molar-refractivity contribution < 1.29 is 14.6 Å². The Morgan fingerprint density at radius 1 is 1.40 bits per heavy atom. The normalized spacial score (nSPS) is 19.9. The summed E-state index contributed by atoms with van der Waals surface area (Å²) in [6.45, 7) is -0.330. The zero-order valence-electron chi connectivity index (χ0n) is 13.7. The Labute approximate surface area is 143 Å². The van der Waals surface area contributed by atoms with E-state index in [0.29, 0.717) is 23.0 Å². The average Bonchev–Trinajstić information content (AvgIpc) is 3.12. The Balaban J connectivity index is 1.59. The number of hydrogen-bond donors (Lipinski definition) is 3. The van der Waals surface area contributed by atoms with Crippen molar-refractivity contribution >= 4 is 34.6 Å². The summed E-state index contributed by atoms with van der Waals surface area (Å²) in [6, 6.07) is 0.443. The number of aliphatic hydroxyl groups excluding tert-OH is 1. The number of nitrogens with one attached hydrogen (secondary N) is 1. The molecule has 9 heteroatoms. The zero-order chi connectivity index (χ0) is 17.4. The van der Waals surface area contributed by atoms with Crippen LogP contribution in [0.5, 0.6) is 0 Å². The molecule has 0 radical (unpaired) electrons. The van der Waals surface area contributed by atoms with Crippen LogP contribution in [0.1, 0.15) is 25.7 Å². The second kappa shape index (κ2) is 6.32. The van der Waals surface area contributed by atoms with Gasteiger partial charge in [0, 0.05) is 17.7 Å². The fourth-order valence-electron chi connectivity index (χ4n) is 3.00. The van der Waals surface area contributed by atoms with Crippen LogP contribution in [0.15, 0.2) is 12.4 Å². The summed E-state index contributed by atoms with van der Waals surface area (Å²) in [5, 5.41) is 12.1. The minimum absolute atomic E-state index is 0.117. The van der Waals surface area contributed by atoms with Crippen LogP contribution in [-0.4, -0.2) is 49.9 Å². The lowest BCUT2D eigenvalue weighted by Crippen LogP contribution is -2.14. The lowest BCUT2D eigenvalue weighted by atomic mass is 10.1. The summed E-state index contributed by atoms with van der Waals surface area (Å²) >= 11 is 0. The van der Waals surface area contributed by atoms with E-state index in [2.05, 4.69) is 26.3 Å². The van der Waals surface area contributed by atoms with Crippen LogP contribution in [0.2, 0.25) is 0 Å². The summed E-state index contributed by atoms with van der Waals surface area (Å²) in [7, 11) is 0. The highest BCUT2D eigenvalue weighted by Gasteiger charge is 2.25. The van der Waals surface area contributed by atoms with Crippen molar-refractivity contribution in [1.82, 2.24) is 19.5 Å². The van der Waals surface area contributed by atoms with E-state index in [1.165, 1.54) is 0 Å². The van der Waals surface area contributed by atoms with Crippen molar-refractivity contribution in [2.75, 3.05) is 24.3 Å². The van der Waals surface area contributed by atoms with Crippen LogP contribution < -0.4 is 11.1 Å². The van der Waals surface area contributed by atoms with Gasteiger partial charge in [-0.2, -0.15) is 9.97 Å². The van der Waals surface area contributed by atoms with Gasteiger partial charge in [0.1, 0.15) is 12.9 Å². The van der Waals surface area contributed by atoms with Crippen LogP contribution >= 0.6 is 0 Å². The van der Waals surface area contributed by atoms with Crippen molar-refractivity contribution in [2.24, 2.45) is 5.92 Å². The summed E-state index contributed by atoms with van der Waals surface area (Å²) < 4.78 is 6.92. The lowest BCUT2D eigenvalue weighted by molar-refractivity contribution is -0.147. The van der Waals surface area contributed by atoms with Gasteiger partial charge in [-0.1, -0.05) is 6.08 Å². The molecule has 132 valence electrons. The van der Waals surface area contributed by atoms with Gasteiger partial charge >= 0.3 is 5.97 Å². The van der Waals surface area contributed by atoms with Crippen LogP contribution in [0.25, 0.3) is 16.9 Å². The molecule has 0 saturated heterocycles. The van der Waals surface area contributed by atoms with E-state index in [1.807, 2.05) is 4.57 Å². The van der Waals surface area contributed by atoms with E-state index in [4.69, 9.17) is 15.6 Å². The molecule has 2 aliphatic carbocycles. The number of hydrogen-bond acceptors (Lipinski definition) is 8. The highest BCUT2D eigenvalue weighted by molar-refractivity contribution is 5.86. The molecule has 25 heavy (non-hydrogen) atoms. The fourth-order valence-corrected chi connectivity index (χ4v) is 3.00. The number of carbonyl (C=O) groups excluding carboxylic acids is 1. The molecule has 0 aromatic carbocycles. The highest BCUT2D eigenvalue weighted by atomic mass is 16.5. The number of esters is 1. The Kier molecular flexibility index (Phi) is 4.00. The van der Waals surface area contributed by atoms with Gasteiger partial charge in [0.05, 0.1) is 6.61 Å². The first-order valence-corrected chi connectivity index (χ1v) is 8.38. The first kappa shape index (κ1) is 15.8. The molecule has 0 amide bonds. The van der Waals surface area contributed by atoms with Gasteiger partial charge in [0.15, 0.2) is 17.0 Å². The second-order valence-corrected chi connectivity index (χ2v) is 6.43. The van der Waals surface area contributed by atoms with E-state index >= 15 is 0 Å². The summed E-state index contributed by atoms with van der Waals surface area (Å²) in [5.74, 6) is 0.401. The van der Waals surface area contributed by atoms with Gasteiger partial charge in [-0.05, 0) is 25.7 Å². The van der Waals surface area contributed by atoms with Crippen LogP contribution in [-0.2, 0) is 9.53 Å². The third-order valence-electron chi connectivity index (χ3n) is 4.43. The molecule has 4 N–H and O–H groups in total. The molecule has 0 bridgehead atoms. The predicted molar refractivity (Wildman–Crippen MR) is 91.4 cm³/mol. The van der Waals surface area contributed by atoms with Gasteiger partial charge < -0.3 is 20.9 Å². The van der Waals surface area contributed by atoms with E-state index in [-0.39, 0.29) is 18.5 Å². The van der Waals surface area contributed by atoms with E-state index in [1.54, 1.807) is 6.33 Å². The van der Waals surface area contributed by atoms with Gasteiger partial charge in [-0.3, -0.25) is 4.57 Å². The summed E-state index contributed by atoms with van der Waals surface area (Å²) in [5.41, 5.74) is 8.29. The molecule has 2 heterocycles. The number of nitrogens with two attached hydrogens (primary N) is 1. The molecule has 4 rings (SSSR count). The quantitative estimate of drug-likeness (QED) is 0.656. The molecule has 9 nitrogen and oxygen atoms in total. The molecule has 2 aromatic heterocycles. The Morgan fingerprint density at radius 3 is 3.00 bits per heavy atom. The molecule has 1 saturated carbocycles. The number of nitrogens with zero attached hydrogens (tertiary/aromatic N) is 4. The van der Waals surface area contributed by atoms with Gasteiger partial charge in [0.25, 0.3) is 0 Å². The molecule has 0 unspecified atom stereocenters. The maximum atomic E-state index is 11.1. The molecule has 1 fully saturated rings. The van der Waals surface area contributed by atoms with Crippen LogP contribution in [0, 0.1) is 5.92 Å². The number of nitrogen functional groups attached to an aromatic ring is 1. The first-order chi connectivity index (χ1) is 12.1. The maximum Gasteiger partial charge on any atom is 0.331 e. The molecular formula is C16H20N6O3. The minimum atomic E-state index is -0.605. The predicted octanol–water partition coefficient (Wildman–Crippen LogP) is 0.769. The molecular weight excluding hydrogens is 324 g/mol. The largest absolute Gasteiger partial charge is 0.463 e. The number of fused-ring (bicyclic) bond motifs is 1. The lowest BCUT2D eigenvalue weighted by Gasteiger charge is -2.07. The first-order valence-electron chi connectivity index (χ1n) is 8.38. The fraction of sp³-hybridized carbons (Fsp3) is 0.500. The number of carbonyl (C=O) groups is 1. The summed E-state index contributed by atoms with van der Waals surface area (Å²) in [4.78, 5) is 24.2. The summed E-state index contributed by atoms with van der Waals surface area (Å²) in [6.07, 6.45) is 7.73. The smallest absolute Gasteiger partial charge is 0.331 e. The van der Waals surface area contributed by atoms with Crippen molar-refractivity contribution in [3.05, 3.63) is 12.4 Å². The topological polar surface area (TPSA) is 128 Å². The average molecular weight is 344 g/mol. The van der Waals surface area contributed by atoms with Crippen LogP contribution in [0.4, 0.5) is 11.8 Å². The standard InChI is InChI=1S/C16H20N6O3/c17-16-20-14(19-10-2-3-10)13-15(21-16)22(8-18-13)11-4-1-9(5-11)7-25-12(24)6-23/h5,8-10,23H,1-4,6-7H2,(H3,17,19,20,21)/t9-/m0/s1. The number of anilines is 2. The van der Waals surface area contributed by atoms with Crippen molar-refractivity contribution in [1.29, 1.82) is 0 Å². The number of aromatic nitrogens is 4. The number of allylic oxidation sites excluding steroid dienone is 1. The van der Waals surface area contributed by atoms with E-state index < -0.39 is 12.6 Å². The van der Waals surface area contributed by atoms with Crippen LogP contribution in [0.3, 0.4) is 0 Å². The Bertz CT molecular complexity index is 842. The number of rotatable bonds is 6. The number of ether oxygens (including phenoxy) is 1. The van der Waals surface area contributed by atoms with Crippen molar-refractivity contribution in [2.45, 2.75) is 31.7 Å². The molecule has 0 aliphatic heterocycles. The number of aliphatic hydroxyl groups is 1. The number of imidazole rings is 1. The SMILES string of the molecule is Nc1nc(NC2CC2)c2ncn(C3=C[C@@H](COC(=O)CO)CC3)c2n1. The maximum absolute atomic E-state index is 11.1. The van der Waals surface area contributed by atoms with Gasteiger partial charge in [0.2, 0.25) is 5.95 Å². The zero-order valence-corrected chi connectivity index (χ0v) is 13.7.